The first-order chi connectivity index (χ1) is 9.37. The maximum Gasteiger partial charge on any atom is 0.247 e. The highest BCUT2D eigenvalue weighted by Crippen LogP contribution is 2.32. The molecule has 0 radical (unpaired) electrons. The van der Waals surface area contributed by atoms with Crippen molar-refractivity contribution >= 4 is 27.3 Å². The molecule has 0 amide bonds. The van der Waals surface area contributed by atoms with Gasteiger partial charge in [-0.25, -0.2) is 8.42 Å². The molecule has 0 spiro atoms. The van der Waals surface area contributed by atoms with Crippen molar-refractivity contribution in [1.29, 1.82) is 0 Å². The summed E-state index contributed by atoms with van der Waals surface area (Å²) in [5.41, 5.74) is 5.99. The molecule has 7 heteroatoms. The van der Waals surface area contributed by atoms with Crippen LogP contribution in [0.3, 0.4) is 0 Å². The number of hydrogen-bond donors (Lipinski definition) is 1. The molecule has 1 aromatic carbocycles. The number of sulfonamides is 1. The van der Waals surface area contributed by atoms with Gasteiger partial charge in [0.05, 0.1) is 23.4 Å². The number of hydrogen-bond acceptors (Lipinski definition) is 4. The van der Waals surface area contributed by atoms with Crippen LogP contribution >= 0.6 is 11.6 Å². The summed E-state index contributed by atoms with van der Waals surface area (Å²) in [5, 5.41) is 0.152. The van der Waals surface area contributed by atoms with Gasteiger partial charge in [-0.1, -0.05) is 24.6 Å². The van der Waals surface area contributed by atoms with Crippen molar-refractivity contribution in [2.24, 2.45) is 0 Å². The van der Waals surface area contributed by atoms with E-state index in [9.17, 15) is 8.42 Å². The second-order valence-corrected chi connectivity index (χ2v) is 7.17. The molecule has 0 aliphatic carbocycles. The van der Waals surface area contributed by atoms with Gasteiger partial charge >= 0.3 is 0 Å². The Hall–Kier alpha value is -0.820. The molecule has 1 aromatic rings. The van der Waals surface area contributed by atoms with Crippen molar-refractivity contribution in [2.45, 2.75) is 37.3 Å². The largest absolute Gasteiger partial charge is 0.398 e. The molecule has 112 valence electrons. The van der Waals surface area contributed by atoms with Gasteiger partial charge < -0.3 is 10.5 Å². The minimum atomic E-state index is -3.72. The monoisotopic (exact) mass is 318 g/mol. The van der Waals surface area contributed by atoms with Crippen LogP contribution in [0.4, 0.5) is 5.69 Å². The molecule has 2 rings (SSSR count). The van der Waals surface area contributed by atoms with E-state index in [-0.39, 0.29) is 27.8 Å². The molecular formula is C13H19ClN2O3S. The average Bonchev–Trinajstić information content (AvgIpc) is 2.38. The summed E-state index contributed by atoms with van der Waals surface area (Å²) in [7, 11) is -3.72. The number of benzene rings is 1. The second kappa shape index (κ2) is 5.89. The second-order valence-electron chi connectivity index (χ2n) is 4.94. The molecule has 1 fully saturated rings. The number of nitrogens with two attached hydrogens (primary N) is 1. The zero-order valence-electron chi connectivity index (χ0n) is 11.5. The normalized spacial score (nSPS) is 24.8. The van der Waals surface area contributed by atoms with E-state index < -0.39 is 10.0 Å². The molecule has 1 heterocycles. The van der Waals surface area contributed by atoms with E-state index in [0.717, 1.165) is 0 Å². The van der Waals surface area contributed by atoms with Crippen molar-refractivity contribution in [3.63, 3.8) is 0 Å². The van der Waals surface area contributed by atoms with Crippen LogP contribution in [-0.4, -0.2) is 38.0 Å². The molecular weight excluding hydrogens is 300 g/mol. The van der Waals surface area contributed by atoms with Crippen LogP contribution in [0.1, 0.15) is 20.3 Å². The van der Waals surface area contributed by atoms with E-state index in [1.807, 2.05) is 13.8 Å². The maximum atomic E-state index is 12.8. The van der Waals surface area contributed by atoms with Gasteiger partial charge in [0.1, 0.15) is 4.90 Å². The predicted octanol–water partition coefficient (Wildman–Crippen LogP) is 2.11. The van der Waals surface area contributed by atoms with E-state index in [2.05, 4.69) is 0 Å². The Morgan fingerprint density at radius 2 is 2.20 bits per heavy atom. The summed E-state index contributed by atoms with van der Waals surface area (Å²) in [6.07, 6.45) is 0.535. The Labute approximate surface area is 124 Å². The summed E-state index contributed by atoms with van der Waals surface area (Å²) in [5.74, 6) is 0. The van der Waals surface area contributed by atoms with Crippen LogP contribution < -0.4 is 5.73 Å². The first kappa shape index (κ1) is 15.6. The van der Waals surface area contributed by atoms with E-state index in [1.54, 1.807) is 12.1 Å². The van der Waals surface area contributed by atoms with Crippen molar-refractivity contribution in [1.82, 2.24) is 4.31 Å². The van der Waals surface area contributed by atoms with E-state index >= 15 is 0 Å². The Bertz CT molecular complexity index is 571. The number of halogens is 1. The molecule has 0 saturated carbocycles. The fraction of sp³-hybridized carbons (Fsp3) is 0.538. The van der Waals surface area contributed by atoms with Crippen LogP contribution in [0.5, 0.6) is 0 Å². The van der Waals surface area contributed by atoms with Crippen LogP contribution in [-0.2, 0) is 14.8 Å². The SMILES string of the molecule is CCC1COC(C)CN1S(=O)(=O)c1c(N)cccc1Cl. The first-order valence-corrected chi connectivity index (χ1v) is 8.37. The molecule has 1 aliphatic heterocycles. The van der Waals surface area contributed by atoms with Gasteiger partial charge in [-0.05, 0) is 25.5 Å². The molecule has 1 saturated heterocycles. The Balaban J connectivity index is 2.48. The summed E-state index contributed by atoms with van der Waals surface area (Å²) in [6.45, 7) is 4.49. The molecule has 2 unspecified atom stereocenters. The van der Waals surface area contributed by atoms with Gasteiger partial charge in [-0.15, -0.1) is 0 Å². The molecule has 1 aliphatic rings. The lowest BCUT2D eigenvalue weighted by Crippen LogP contribution is -2.51. The Morgan fingerprint density at radius 3 is 2.80 bits per heavy atom. The number of anilines is 1. The van der Waals surface area contributed by atoms with Crippen molar-refractivity contribution in [3.8, 4) is 0 Å². The fourth-order valence-corrected chi connectivity index (χ4v) is 4.74. The summed E-state index contributed by atoms with van der Waals surface area (Å²) in [4.78, 5) is -0.00535. The third-order valence-electron chi connectivity index (χ3n) is 3.45. The number of morpholine rings is 1. The summed E-state index contributed by atoms with van der Waals surface area (Å²) < 4.78 is 32.7. The van der Waals surface area contributed by atoms with Gasteiger partial charge in [0, 0.05) is 12.6 Å². The third kappa shape index (κ3) is 2.79. The van der Waals surface area contributed by atoms with Gasteiger partial charge in [0.2, 0.25) is 10.0 Å². The topological polar surface area (TPSA) is 72.6 Å². The number of nitrogen functional groups attached to an aromatic ring is 1. The quantitative estimate of drug-likeness (QED) is 0.866. The van der Waals surface area contributed by atoms with E-state index in [0.29, 0.717) is 19.6 Å². The molecule has 20 heavy (non-hydrogen) atoms. The fourth-order valence-electron chi connectivity index (χ4n) is 2.34. The van der Waals surface area contributed by atoms with Crippen molar-refractivity contribution in [2.75, 3.05) is 18.9 Å². The van der Waals surface area contributed by atoms with Crippen molar-refractivity contribution < 1.29 is 13.2 Å². The number of nitrogens with zero attached hydrogens (tertiary/aromatic N) is 1. The highest BCUT2D eigenvalue weighted by molar-refractivity contribution is 7.89. The molecule has 2 N–H and O–H groups in total. The average molecular weight is 319 g/mol. The van der Waals surface area contributed by atoms with Crippen LogP contribution in [0.2, 0.25) is 5.02 Å². The first-order valence-electron chi connectivity index (χ1n) is 6.55. The van der Waals surface area contributed by atoms with Crippen LogP contribution in [0.15, 0.2) is 23.1 Å². The van der Waals surface area contributed by atoms with E-state index in [1.165, 1.54) is 10.4 Å². The van der Waals surface area contributed by atoms with Gasteiger partial charge in [0.15, 0.2) is 0 Å². The highest BCUT2D eigenvalue weighted by Gasteiger charge is 2.37. The molecule has 0 aromatic heterocycles. The molecule has 0 bridgehead atoms. The predicted molar refractivity (Wildman–Crippen MR) is 79.2 cm³/mol. The maximum absolute atomic E-state index is 12.8. The molecule has 5 nitrogen and oxygen atoms in total. The zero-order chi connectivity index (χ0) is 14.9. The smallest absolute Gasteiger partial charge is 0.247 e. The Kier molecular flexibility index (Phi) is 4.59. The summed E-state index contributed by atoms with van der Waals surface area (Å²) >= 11 is 6.04. The van der Waals surface area contributed by atoms with Gasteiger partial charge in [-0.2, -0.15) is 4.31 Å². The van der Waals surface area contributed by atoms with Crippen molar-refractivity contribution in [3.05, 3.63) is 23.2 Å². The van der Waals surface area contributed by atoms with E-state index in [4.69, 9.17) is 22.1 Å². The summed E-state index contributed by atoms with van der Waals surface area (Å²) in [6, 6.07) is 4.53. The van der Waals surface area contributed by atoms with Crippen LogP contribution in [0, 0.1) is 0 Å². The minimum Gasteiger partial charge on any atom is -0.398 e. The number of rotatable bonds is 3. The number of ether oxygens (including phenoxy) is 1. The lowest BCUT2D eigenvalue weighted by molar-refractivity contribution is -0.0230. The Morgan fingerprint density at radius 1 is 1.50 bits per heavy atom. The van der Waals surface area contributed by atoms with Gasteiger partial charge in [0.25, 0.3) is 0 Å². The zero-order valence-corrected chi connectivity index (χ0v) is 13.1. The highest BCUT2D eigenvalue weighted by atomic mass is 35.5. The lowest BCUT2D eigenvalue weighted by atomic mass is 10.2. The lowest BCUT2D eigenvalue weighted by Gasteiger charge is -2.37. The molecule has 2 atom stereocenters. The minimum absolute atomic E-state index is 0.00535. The third-order valence-corrected chi connectivity index (χ3v) is 5.92. The van der Waals surface area contributed by atoms with Gasteiger partial charge in [-0.3, -0.25) is 0 Å². The standard InChI is InChI=1S/C13H19ClN2O3S/c1-3-10-8-19-9(2)7-16(10)20(17,18)13-11(14)5-4-6-12(13)15/h4-6,9-10H,3,7-8,15H2,1-2H3. The van der Waals surface area contributed by atoms with Crippen LogP contribution in [0.25, 0.3) is 0 Å².